The number of aryl methyl sites for hydroxylation is 1. The first-order chi connectivity index (χ1) is 13.8. The molecule has 3 rings (SSSR count). The molecule has 150 valence electrons. The Balaban J connectivity index is 1.98. The van der Waals surface area contributed by atoms with Crippen molar-refractivity contribution in [3.05, 3.63) is 75.5 Å². The smallest absolute Gasteiger partial charge is 0.311 e. The molecule has 29 heavy (non-hydrogen) atoms. The Morgan fingerprint density at radius 3 is 2.55 bits per heavy atom. The van der Waals surface area contributed by atoms with Gasteiger partial charge >= 0.3 is 5.69 Å². The maximum Gasteiger partial charge on any atom is 0.311 e. The molecule has 3 aromatic rings. The summed E-state index contributed by atoms with van der Waals surface area (Å²) in [5, 5.41) is 18.5. The lowest BCUT2D eigenvalue weighted by Gasteiger charge is -2.12. The minimum absolute atomic E-state index is 0.0908. The second-order valence-electron chi connectivity index (χ2n) is 6.97. The van der Waals surface area contributed by atoms with Crippen molar-refractivity contribution in [2.45, 2.75) is 33.7 Å². The predicted octanol–water partition coefficient (Wildman–Crippen LogP) is 5.03. The molecule has 0 aliphatic heterocycles. The van der Waals surface area contributed by atoms with Gasteiger partial charge in [0.25, 0.3) is 5.91 Å². The first-order valence-corrected chi connectivity index (χ1v) is 9.16. The first-order valence-electron chi connectivity index (χ1n) is 9.16. The zero-order valence-electron chi connectivity index (χ0n) is 16.7. The molecule has 8 nitrogen and oxygen atoms in total. The molecule has 0 saturated heterocycles. The van der Waals surface area contributed by atoms with Crippen LogP contribution in [0.5, 0.6) is 11.6 Å². The van der Waals surface area contributed by atoms with Gasteiger partial charge in [-0.2, -0.15) is 5.10 Å². The van der Waals surface area contributed by atoms with Crippen LogP contribution in [0.2, 0.25) is 0 Å². The molecular weight excluding hydrogens is 372 g/mol. The highest BCUT2D eigenvalue weighted by Gasteiger charge is 2.25. The minimum atomic E-state index is -0.508. The zero-order chi connectivity index (χ0) is 21.1. The van der Waals surface area contributed by atoms with Crippen LogP contribution in [-0.4, -0.2) is 20.6 Å². The normalized spacial score (nSPS) is 10.8. The molecule has 8 heteroatoms. The van der Waals surface area contributed by atoms with E-state index in [0.717, 1.165) is 5.56 Å². The van der Waals surface area contributed by atoms with Crippen LogP contribution >= 0.6 is 0 Å². The molecule has 2 aromatic carbocycles. The summed E-state index contributed by atoms with van der Waals surface area (Å²) in [6.07, 6.45) is 0. The van der Waals surface area contributed by atoms with Crippen molar-refractivity contribution in [2.24, 2.45) is 0 Å². The fourth-order valence-electron chi connectivity index (χ4n) is 2.90. The molecule has 0 atom stereocenters. The average molecular weight is 394 g/mol. The second-order valence-corrected chi connectivity index (χ2v) is 6.97. The number of hydrogen-bond acceptors (Lipinski definition) is 5. The third-order valence-corrected chi connectivity index (χ3v) is 4.34. The summed E-state index contributed by atoms with van der Waals surface area (Å²) >= 11 is 0. The molecule has 0 spiro atoms. The summed E-state index contributed by atoms with van der Waals surface area (Å²) in [7, 11) is 0. The van der Waals surface area contributed by atoms with Crippen molar-refractivity contribution in [1.29, 1.82) is 0 Å². The monoisotopic (exact) mass is 394 g/mol. The Labute approximate surface area is 168 Å². The van der Waals surface area contributed by atoms with Crippen molar-refractivity contribution in [2.75, 3.05) is 5.32 Å². The van der Waals surface area contributed by atoms with Gasteiger partial charge in [-0.05, 0) is 51.5 Å². The van der Waals surface area contributed by atoms with Gasteiger partial charge < -0.3 is 10.1 Å². The number of anilines is 1. The lowest BCUT2D eigenvalue weighted by molar-refractivity contribution is -0.385. The van der Waals surface area contributed by atoms with Crippen molar-refractivity contribution in [3.8, 4) is 11.6 Å². The minimum Gasteiger partial charge on any atom is -0.432 e. The SMILES string of the molecule is Cc1cccc(NC(=O)c2nn(C(C)C)c(Oc3ccccc3[N+](=O)[O-])c2C)c1. The number of nitrogens with one attached hydrogen (secondary N) is 1. The average Bonchev–Trinajstić information content (AvgIpc) is 2.99. The van der Waals surface area contributed by atoms with Crippen LogP contribution in [0, 0.1) is 24.0 Å². The van der Waals surface area contributed by atoms with E-state index in [1.165, 1.54) is 12.1 Å². The van der Waals surface area contributed by atoms with E-state index >= 15 is 0 Å². The number of rotatable bonds is 6. The number of ether oxygens (including phenoxy) is 1. The van der Waals surface area contributed by atoms with Crippen molar-refractivity contribution in [3.63, 3.8) is 0 Å². The first kappa shape index (κ1) is 20.1. The Kier molecular flexibility index (Phi) is 5.63. The summed E-state index contributed by atoms with van der Waals surface area (Å²) in [6.45, 7) is 7.43. The Morgan fingerprint density at radius 1 is 1.17 bits per heavy atom. The van der Waals surface area contributed by atoms with Gasteiger partial charge in [0, 0.05) is 17.3 Å². The van der Waals surface area contributed by atoms with Crippen LogP contribution in [-0.2, 0) is 0 Å². The molecule has 1 N–H and O–H groups in total. The van der Waals surface area contributed by atoms with Crippen molar-refractivity contribution < 1.29 is 14.5 Å². The van der Waals surface area contributed by atoms with Gasteiger partial charge in [-0.1, -0.05) is 24.3 Å². The van der Waals surface area contributed by atoms with E-state index in [1.54, 1.807) is 29.8 Å². The number of nitro benzene ring substituents is 1. The van der Waals surface area contributed by atoms with E-state index in [-0.39, 0.29) is 29.1 Å². The van der Waals surface area contributed by atoms with Crippen LogP contribution in [0.25, 0.3) is 0 Å². The lowest BCUT2D eigenvalue weighted by atomic mass is 10.2. The third-order valence-electron chi connectivity index (χ3n) is 4.34. The fourth-order valence-corrected chi connectivity index (χ4v) is 2.90. The number of nitrogens with zero attached hydrogens (tertiary/aromatic N) is 3. The van der Waals surface area contributed by atoms with Crippen LogP contribution < -0.4 is 10.1 Å². The lowest BCUT2D eigenvalue weighted by Crippen LogP contribution is -2.14. The molecule has 0 unspecified atom stereocenters. The van der Waals surface area contributed by atoms with Gasteiger partial charge in [-0.15, -0.1) is 0 Å². The Bertz CT molecular complexity index is 1070. The van der Waals surface area contributed by atoms with E-state index in [2.05, 4.69) is 10.4 Å². The molecule has 0 bridgehead atoms. The largest absolute Gasteiger partial charge is 0.432 e. The number of benzene rings is 2. The van der Waals surface area contributed by atoms with E-state index in [4.69, 9.17) is 4.74 Å². The number of carbonyl (C=O) groups is 1. The Morgan fingerprint density at radius 2 is 1.90 bits per heavy atom. The molecule has 1 aromatic heterocycles. The van der Waals surface area contributed by atoms with Crippen molar-refractivity contribution in [1.82, 2.24) is 9.78 Å². The molecule has 0 saturated carbocycles. The van der Waals surface area contributed by atoms with Crippen molar-refractivity contribution >= 4 is 17.3 Å². The van der Waals surface area contributed by atoms with Crippen LogP contribution in [0.3, 0.4) is 0 Å². The van der Waals surface area contributed by atoms with E-state index < -0.39 is 4.92 Å². The maximum atomic E-state index is 12.8. The van der Waals surface area contributed by atoms with Gasteiger partial charge in [0.05, 0.1) is 11.0 Å². The summed E-state index contributed by atoms with van der Waals surface area (Å²) < 4.78 is 7.43. The number of nitro groups is 1. The Hall–Kier alpha value is -3.68. The predicted molar refractivity (Wildman–Crippen MR) is 110 cm³/mol. The van der Waals surface area contributed by atoms with Crippen LogP contribution in [0.15, 0.2) is 48.5 Å². The molecule has 1 heterocycles. The number of amides is 1. The summed E-state index contributed by atoms with van der Waals surface area (Å²) in [5.41, 5.74) is 2.23. The summed E-state index contributed by atoms with van der Waals surface area (Å²) in [5.74, 6) is 0.0108. The number of hydrogen-bond donors (Lipinski definition) is 1. The van der Waals surface area contributed by atoms with Gasteiger partial charge in [0.2, 0.25) is 11.6 Å². The standard InChI is InChI=1S/C21H22N4O4/c1-13(2)24-21(29-18-11-6-5-10-17(18)25(27)28)15(4)19(23-24)20(26)22-16-9-7-8-14(3)12-16/h5-13H,1-4H3,(H,22,26). The van der Waals surface area contributed by atoms with E-state index in [9.17, 15) is 14.9 Å². The number of aromatic nitrogens is 2. The zero-order valence-corrected chi connectivity index (χ0v) is 16.7. The fraction of sp³-hybridized carbons (Fsp3) is 0.238. The van der Waals surface area contributed by atoms with Gasteiger partial charge in [-0.25, -0.2) is 4.68 Å². The molecule has 1 amide bonds. The van der Waals surface area contributed by atoms with E-state index in [1.807, 2.05) is 39.0 Å². The topological polar surface area (TPSA) is 99.3 Å². The maximum absolute atomic E-state index is 12.8. The van der Waals surface area contributed by atoms with Crippen LogP contribution in [0.1, 0.15) is 41.5 Å². The highest BCUT2D eigenvalue weighted by Crippen LogP contribution is 2.35. The third kappa shape index (κ3) is 4.26. The van der Waals surface area contributed by atoms with E-state index in [0.29, 0.717) is 17.1 Å². The summed E-state index contributed by atoms with van der Waals surface area (Å²) in [4.78, 5) is 23.6. The quantitative estimate of drug-likeness (QED) is 0.467. The summed E-state index contributed by atoms with van der Waals surface area (Å²) in [6, 6.07) is 13.4. The number of carbonyl (C=O) groups excluding carboxylic acids is 1. The van der Waals surface area contributed by atoms with Gasteiger partial charge in [0.15, 0.2) is 5.69 Å². The van der Waals surface area contributed by atoms with Gasteiger partial charge in [0.1, 0.15) is 0 Å². The molecular formula is C21H22N4O4. The second kappa shape index (κ2) is 8.14. The number of para-hydroxylation sites is 2. The molecule has 0 aliphatic carbocycles. The molecule has 0 fully saturated rings. The molecule has 0 aliphatic rings. The molecule has 0 radical (unpaired) electrons. The highest BCUT2D eigenvalue weighted by molar-refractivity contribution is 6.04. The highest BCUT2D eigenvalue weighted by atomic mass is 16.6. The van der Waals surface area contributed by atoms with Gasteiger partial charge in [-0.3, -0.25) is 14.9 Å². The van der Waals surface area contributed by atoms with Crippen LogP contribution in [0.4, 0.5) is 11.4 Å².